The molecule has 18 heavy (non-hydrogen) atoms. The third-order valence-corrected chi connectivity index (χ3v) is 3.87. The van der Waals surface area contributed by atoms with Crippen LogP contribution in [0.5, 0.6) is 0 Å². The minimum Gasteiger partial charge on any atom is -0.299 e. The van der Waals surface area contributed by atoms with Crippen LogP contribution >= 0.6 is 0 Å². The lowest BCUT2D eigenvalue weighted by atomic mass is 9.65. The molecule has 0 aromatic rings. The fourth-order valence-corrected chi connectivity index (χ4v) is 2.94. The zero-order valence-corrected chi connectivity index (χ0v) is 11.3. The summed E-state index contributed by atoms with van der Waals surface area (Å²) in [6.07, 6.45) is 2.75. The lowest BCUT2D eigenvalue weighted by Crippen LogP contribution is -2.48. The van der Waals surface area contributed by atoms with Gasteiger partial charge in [0.2, 0.25) is 6.54 Å². The molecular formula is C13H21NO4. The predicted octanol–water partition coefficient (Wildman–Crippen LogP) is 2.25. The first-order chi connectivity index (χ1) is 8.29. The predicted molar refractivity (Wildman–Crippen MR) is 66.8 cm³/mol. The first-order valence-electron chi connectivity index (χ1n) is 6.48. The summed E-state index contributed by atoms with van der Waals surface area (Å²) in [7, 11) is 0. The topological polar surface area (TPSA) is 77.3 Å². The van der Waals surface area contributed by atoms with Gasteiger partial charge in [0.25, 0.3) is 0 Å². The molecule has 0 amide bonds. The monoisotopic (exact) mass is 255 g/mol. The second-order valence-electron chi connectivity index (χ2n) is 5.69. The van der Waals surface area contributed by atoms with Crippen LogP contribution in [0.25, 0.3) is 0 Å². The van der Waals surface area contributed by atoms with E-state index in [2.05, 4.69) is 0 Å². The van der Waals surface area contributed by atoms with Crippen molar-refractivity contribution in [2.75, 3.05) is 6.54 Å². The van der Waals surface area contributed by atoms with E-state index in [1.165, 1.54) is 0 Å². The van der Waals surface area contributed by atoms with Crippen LogP contribution in [0.4, 0.5) is 0 Å². The molecule has 1 saturated carbocycles. The molecule has 0 N–H and O–H groups in total. The minimum atomic E-state index is -1.14. The van der Waals surface area contributed by atoms with Gasteiger partial charge in [-0.15, -0.1) is 0 Å². The molecule has 0 aromatic carbocycles. The quantitative estimate of drug-likeness (QED) is 0.557. The minimum absolute atomic E-state index is 0.0135. The van der Waals surface area contributed by atoms with Gasteiger partial charge < -0.3 is 0 Å². The average Bonchev–Trinajstić information content (AvgIpc) is 2.27. The molecule has 1 aliphatic carbocycles. The molecule has 0 heterocycles. The molecule has 0 aromatic heterocycles. The average molecular weight is 255 g/mol. The number of rotatable bonds is 5. The summed E-state index contributed by atoms with van der Waals surface area (Å²) in [6.45, 7) is 4.61. The van der Waals surface area contributed by atoms with Crippen molar-refractivity contribution in [2.45, 2.75) is 46.5 Å². The van der Waals surface area contributed by atoms with E-state index in [1.807, 2.05) is 0 Å². The summed E-state index contributed by atoms with van der Waals surface area (Å²) < 4.78 is 0. The van der Waals surface area contributed by atoms with E-state index >= 15 is 0 Å². The smallest absolute Gasteiger partial charge is 0.216 e. The van der Waals surface area contributed by atoms with E-state index in [1.54, 1.807) is 20.8 Å². The Balaban J connectivity index is 3.06. The number of nitro groups is 1. The standard InChI is InChI=1S/C13H21NO4/c1-9(2)12(16)13(3,8-14(17)18)10-6-4-5-7-11(10)15/h9-10H,4-8H2,1-3H3. The largest absolute Gasteiger partial charge is 0.299 e. The van der Waals surface area contributed by atoms with Gasteiger partial charge in [0.1, 0.15) is 17.0 Å². The molecule has 1 fully saturated rings. The summed E-state index contributed by atoms with van der Waals surface area (Å²) in [6, 6.07) is 0. The van der Waals surface area contributed by atoms with Gasteiger partial charge in [0.15, 0.2) is 0 Å². The van der Waals surface area contributed by atoms with Crippen molar-refractivity contribution in [1.82, 2.24) is 0 Å². The van der Waals surface area contributed by atoms with Gasteiger partial charge in [-0.1, -0.05) is 20.3 Å². The second kappa shape index (κ2) is 5.59. The van der Waals surface area contributed by atoms with Crippen LogP contribution in [0.3, 0.4) is 0 Å². The second-order valence-corrected chi connectivity index (χ2v) is 5.69. The highest BCUT2D eigenvalue weighted by atomic mass is 16.6. The summed E-state index contributed by atoms with van der Waals surface area (Å²) in [5.41, 5.74) is -1.14. The molecule has 102 valence electrons. The van der Waals surface area contributed by atoms with E-state index < -0.39 is 22.8 Å². The molecule has 5 heteroatoms. The molecule has 2 atom stereocenters. The van der Waals surface area contributed by atoms with Crippen molar-refractivity contribution >= 4 is 11.6 Å². The SMILES string of the molecule is CC(C)C(=O)C(C)(C[N+](=O)[O-])C1CCCCC1=O. The molecule has 1 rings (SSSR count). The van der Waals surface area contributed by atoms with Crippen LogP contribution in [0.1, 0.15) is 46.5 Å². The fraction of sp³-hybridized carbons (Fsp3) is 0.846. The summed E-state index contributed by atoms with van der Waals surface area (Å²) in [5.74, 6) is -0.921. The Morgan fingerprint density at radius 2 is 2.11 bits per heavy atom. The highest BCUT2D eigenvalue weighted by Gasteiger charge is 2.49. The molecule has 5 nitrogen and oxygen atoms in total. The third kappa shape index (κ3) is 2.94. The maximum Gasteiger partial charge on any atom is 0.216 e. The van der Waals surface area contributed by atoms with Crippen molar-refractivity contribution in [3.63, 3.8) is 0 Å². The molecule has 0 radical (unpaired) electrons. The summed E-state index contributed by atoms with van der Waals surface area (Å²) >= 11 is 0. The van der Waals surface area contributed by atoms with Crippen molar-refractivity contribution < 1.29 is 14.5 Å². The van der Waals surface area contributed by atoms with Gasteiger partial charge in [-0.3, -0.25) is 19.7 Å². The van der Waals surface area contributed by atoms with Crippen LogP contribution < -0.4 is 0 Å². The Morgan fingerprint density at radius 3 is 2.56 bits per heavy atom. The van der Waals surface area contributed by atoms with E-state index in [9.17, 15) is 19.7 Å². The van der Waals surface area contributed by atoms with Gasteiger partial charge in [-0.25, -0.2) is 0 Å². The number of carbonyl (C=O) groups excluding carboxylic acids is 2. The lowest BCUT2D eigenvalue weighted by molar-refractivity contribution is -0.495. The molecule has 0 spiro atoms. The molecule has 0 aliphatic heterocycles. The summed E-state index contributed by atoms with van der Waals surface area (Å²) in [4.78, 5) is 34.6. The third-order valence-electron chi connectivity index (χ3n) is 3.87. The highest BCUT2D eigenvalue weighted by molar-refractivity contribution is 5.93. The Kier molecular flexibility index (Phi) is 4.59. The van der Waals surface area contributed by atoms with Gasteiger partial charge in [0.05, 0.1) is 0 Å². The van der Waals surface area contributed by atoms with Crippen LogP contribution in [0.2, 0.25) is 0 Å². The molecule has 0 saturated heterocycles. The van der Waals surface area contributed by atoms with Crippen LogP contribution in [-0.2, 0) is 9.59 Å². The Labute approximate surface area is 107 Å². The van der Waals surface area contributed by atoms with E-state index in [0.29, 0.717) is 12.8 Å². The first-order valence-corrected chi connectivity index (χ1v) is 6.48. The fourth-order valence-electron chi connectivity index (χ4n) is 2.94. The maximum absolute atomic E-state index is 12.3. The van der Waals surface area contributed by atoms with Crippen molar-refractivity contribution in [3.05, 3.63) is 10.1 Å². The van der Waals surface area contributed by atoms with Gasteiger partial charge in [0, 0.05) is 23.2 Å². The van der Waals surface area contributed by atoms with E-state index in [4.69, 9.17) is 0 Å². The van der Waals surface area contributed by atoms with Crippen molar-refractivity contribution in [1.29, 1.82) is 0 Å². The van der Waals surface area contributed by atoms with E-state index in [-0.39, 0.29) is 17.5 Å². The van der Waals surface area contributed by atoms with Gasteiger partial charge in [-0.2, -0.15) is 0 Å². The Morgan fingerprint density at radius 1 is 1.50 bits per heavy atom. The number of carbonyl (C=O) groups is 2. The van der Waals surface area contributed by atoms with Crippen LogP contribution in [0.15, 0.2) is 0 Å². The zero-order chi connectivity index (χ0) is 13.9. The zero-order valence-electron chi connectivity index (χ0n) is 11.3. The number of nitrogens with zero attached hydrogens (tertiary/aromatic N) is 1. The molecular weight excluding hydrogens is 234 g/mol. The van der Waals surface area contributed by atoms with Crippen LogP contribution in [0, 0.1) is 27.4 Å². The Hall–Kier alpha value is -1.26. The lowest BCUT2D eigenvalue weighted by Gasteiger charge is -2.35. The highest BCUT2D eigenvalue weighted by Crippen LogP contribution is 2.39. The summed E-state index contributed by atoms with van der Waals surface area (Å²) in [5, 5.41) is 10.8. The molecule has 0 bridgehead atoms. The first kappa shape index (κ1) is 14.8. The number of ketones is 2. The van der Waals surface area contributed by atoms with Gasteiger partial charge >= 0.3 is 0 Å². The van der Waals surface area contributed by atoms with E-state index in [0.717, 1.165) is 12.8 Å². The number of Topliss-reactive ketones (excluding diaryl/α,β-unsaturated/α-hetero) is 2. The molecule has 1 aliphatic rings. The number of hydrogen-bond acceptors (Lipinski definition) is 4. The van der Waals surface area contributed by atoms with Gasteiger partial charge in [-0.05, 0) is 19.8 Å². The Bertz CT molecular complexity index is 364. The van der Waals surface area contributed by atoms with Crippen LogP contribution in [-0.4, -0.2) is 23.0 Å². The maximum atomic E-state index is 12.3. The van der Waals surface area contributed by atoms with Crippen molar-refractivity contribution in [3.8, 4) is 0 Å². The van der Waals surface area contributed by atoms with Crippen molar-refractivity contribution in [2.24, 2.45) is 17.3 Å². The normalized spacial score (nSPS) is 23.8. The number of hydrogen-bond donors (Lipinski definition) is 0. The molecule has 2 unspecified atom stereocenters.